The third kappa shape index (κ3) is 9.93. The van der Waals surface area contributed by atoms with Crippen molar-refractivity contribution in [3.05, 3.63) is 0 Å². The molecule has 0 aromatic rings. The summed E-state index contributed by atoms with van der Waals surface area (Å²) in [6.45, 7) is 8.59. The molecule has 0 fully saturated rings. The Hall–Kier alpha value is -1.57. The van der Waals surface area contributed by atoms with Crippen LogP contribution in [0.1, 0.15) is 41.0 Å². The van der Waals surface area contributed by atoms with Crippen LogP contribution >= 0.6 is 11.8 Å². The summed E-state index contributed by atoms with van der Waals surface area (Å²) in [5, 5.41) is 2.11. The summed E-state index contributed by atoms with van der Waals surface area (Å²) in [4.78, 5) is 46.7. The number of hydrogen-bond donors (Lipinski definition) is 1. The van der Waals surface area contributed by atoms with E-state index in [0.29, 0.717) is 0 Å². The minimum absolute atomic E-state index is 0.00504. The molecule has 0 aromatic carbocycles. The maximum absolute atomic E-state index is 11.8. The van der Waals surface area contributed by atoms with E-state index in [-0.39, 0.29) is 36.7 Å². The molecule has 1 atom stereocenters. The summed E-state index contributed by atoms with van der Waals surface area (Å²) in [5.41, 5.74) is 0. The van der Waals surface area contributed by atoms with Crippen molar-refractivity contribution in [2.45, 2.75) is 53.2 Å². The van der Waals surface area contributed by atoms with E-state index in [1.807, 2.05) is 0 Å². The van der Waals surface area contributed by atoms with Gasteiger partial charge in [0.15, 0.2) is 5.12 Å². The van der Waals surface area contributed by atoms with E-state index in [9.17, 15) is 19.2 Å². The Labute approximate surface area is 140 Å². The fourth-order valence-electron chi connectivity index (χ4n) is 1.40. The van der Waals surface area contributed by atoms with Gasteiger partial charge in [-0.05, 0) is 20.8 Å². The number of nitrogens with one attached hydrogen (secondary N) is 1. The van der Waals surface area contributed by atoms with Gasteiger partial charge in [-0.15, -0.1) is 0 Å². The lowest BCUT2D eigenvalue weighted by molar-refractivity contribution is -0.148. The SMILES string of the molecule is CCOC(=O)C(CSC(=O)CC(=O)OC(C)C)NC(=O)C(C)C. The molecule has 7 nitrogen and oxygen atoms in total. The average molecular weight is 347 g/mol. The zero-order valence-corrected chi connectivity index (χ0v) is 15.0. The molecule has 0 aliphatic rings. The van der Waals surface area contributed by atoms with Gasteiger partial charge in [-0.3, -0.25) is 14.4 Å². The third-order valence-corrected chi connectivity index (χ3v) is 3.45. The van der Waals surface area contributed by atoms with E-state index < -0.39 is 23.1 Å². The van der Waals surface area contributed by atoms with Crippen molar-refractivity contribution in [3.8, 4) is 0 Å². The maximum Gasteiger partial charge on any atom is 0.329 e. The highest BCUT2D eigenvalue weighted by molar-refractivity contribution is 8.13. The molecule has 132 valence electrons. The van der Waals surface area contributed by atoms with Crippen LogP contribution in [0.3, 0.4) is 0 Å². The standard InChI is InChI=1S/C15H25NO6S/c1-6-21-15(20)11(16-14(19)9(2)3)8-23-13(18)7-12(17)22-10(4)5/h9-11H,6-8H2,1-5H3,(H,16,19). The Morgan fingerprint density at radius 3 is 2.17 bits per heavy atom. The van der Waals surface area contributed by atoms with Gasteiger partial charge >= 0.3 is 11.9 Å². The van der Waals surface area contributed by atoms with E-state index in [4.69, 9.17) is 9.47 Å². The molecule has 23 heavy (non-hydrogen) atoms. The van der Waals surface area contributed by atoms with Gasteiger partial charge in [0.1, 0.15) is 12.5 Å². The third-order valence-electron chi connectivity index (χ3n) is 2.48. The summed E-state index contributed by atoms with van der Waals surface area (Å²) >= 11 is 0.793. The van der Waals surface area contributed by atoms with Crippen LogP contribution in [0.2, 0.25) is 0 Å². The Morgan fingerprint density at radius 1 is 1.09 bits per heavy atom. The molecule has 0 aliphatic heterocycles. The Bertz CT molecular complexity index is 436. The maximum atomic E-state index is 11.8. The highest BCUT2D eigenvalue weighted by Crippen LogP contribution is 2.11. The van der Waals surface area contributed by atoms with Crippen molar-refractivity contribution < 1.29 is 28.7 Å². The number of amides is 1. The topological polar surface area (TPSA) is 98.8 Å². The number of rotatable bonds is 9. The summed E-state index contributed by atoms with van der Waals surface area (Å²) < 4.78 is 9.76. The van der Waals surface area contributed by atoms with E-state index in [2.05, 4.69) is 5.32 Å². The smallest absolute Gasteiger partial charge is 0.329 e. The highest BCUT2D eigenvalue weighted by atomic mass is 32.2. The normalized spacial score (nSPS) is 12.0. The number of esters is 2. The number of thioether (sulfide) groups is 1. The average Bonchev–Trinajstić information content (AvgIpc) is 2.41. The summed E-state index contributed by atoms with van der Waals surface area (Å²) in [6.07, 6.45) is -0.672. The second-order valence-corrected chi connectivity index (χ2v) is 6.44. The first-order chi connectivity index (χ1) is 10.7. The lowest BCUT2D eigenvalue weighted by atomic mass is 10.2. The van der Waals surface area contributed by atoms with Crippen molar-refractivity contribution >= 4 is 34.7 Å². The molecular formula is C15H25NO6S. The zero-order chi connectivity index (χ0) is 18.0. The van der Waals surface area contributed by atoms with Crippen molar-refractivity contribution in [2.75, 3.05) is 12.4 Å². The van der Waals surface area contributed by atoms with Crippen molar-refractivity contribution in [1.82, 2.24) is 5.32 Å². The number of hydrogen-bond acceptors (Lipinski definition) is 7. The molecule has 0 bridgehead atoms. The molecule has 0 aromatic heterocycles. The summed E-state index contributed by atoms with van der Waals surface area (Å²) in [7, 11) is 0. The van der Waals surface area contributed by atoms with Crippen molar-refractivity contribution in [2.24, 2.45) is 5.92 Å². The fourth-order valence-corrected chi connectivity index (χ4v) is 2.19. The van der Waals surface area contributed by atoms with Gasteiger partial charge in [0.2, 0.25) is 5.91 Å². The van der Waals surface area contributed by atoms with E-state index in [0.717, 1.165) is 11.8 Å². The van der Waals surface area contributed by atoms with Crippen LogP contribution in [-0.2, 0) is 28.7 Å². The van der Waals surface area contributed by atoms with Crippen LogP contribution in [0.25, 0.3) is 0 Å². The van der Waals surface area contributed by atoms with Crippen molar-refractivity contribution in [3.63, 3.8) is 0 Å². The van der Waals surface area contributed by atoms with Gasteiger partial charge in [-0.1, -0.05) is 25.6 Å². The molecular weight excluding hydrogens is 322 g/mol. The minimum Gasteiger partial charge on any atom is -0.464 e. The van der Waals surface area contributed by atoms with Crippen LogP contribution in [0.15, 0.2) is 0 Å². The zero-order valence-electron chi connectivity index (χ0n) is 14.2. The Balaban J connectivity index is 4.53. The van der Waals surface area contributed by atoms with Gasteiger partial charge in [0.05, 0.1) is 12.7 Å². The number of carbonyl (C=O) groups excluding carboxylic acids is 4. The number of ether oxygens (including phenoxy) is 2. The second-order valence-electron chi connectivity index (χ2n) is 5.37. The molecule has 0 heterocycles. The second kappa shape index (κ2) is 11.0. The molecule has 8 heteroatoms. The Morgan fingerprint density at radius 2 is 1.70 bits per heavy atom. The van der Waals surface area contributed by atoms with E-state index >= 15 is 0 Å². The van der Waals surface area contributed by atoms with Crippen LogP contribution in [0.4, 0.5) is 0 Å². The molecule has 0 spiro atoms. The molecule has 1 unspecified atom stereocenters. The largest absolute Gasteiger partial charge is 0.464 e. The van der Waals surface area contributed by atoms with Crippen molar-refractivity contribution in [1.29, 1.82) is 0 Å². The molecule has 0 rings (SSSR count). The van der Waals surface area contributed by atoms with Gasteiger partial charge in [-0.2, -0.15) is 0 Å². The van der Waals surface area contributed by atoms with Crippen LogP contribution in [0.5, 0.6) is 0 Å². The highest BCUT2D eigenvalue weighted by Gasteiger charge is 2.25. The fraction of sp³-hybridized carbons (Fsp3) is 0.733. The first kappa shape index (κ1) is 21.4. The summed E-state index contributed by atoms with van der Waals surface area (Å²) in [5.74, 6) is -1.82. The van der Waals surface area contributed by atoms with E-state index in [1.54, 1.807) is 34.6 Å². The number of carbonyl (C=O) groups is 4. The van der Waals surface area contributed by atoms with Crippen LogP contribution in [0, 0.1) is 5.92 Å². The van der Waals surface area contributed by atoms with Gasteiger partial charge < -0.3 is 14.8 Å². The van der Waals surface area contributed by atoms with Crippen LogP contribution in [-0.4, -0.2) is 47.5 Å². The first-order valence-corrected chi connectivity index (χ1v) is 8.48. The molecule has 0 radical (unpaired) electrons. The monoisotopic (exact) mass is 347 g/mol. The Kier molecular flexibility index (Phi) is 10.3. The quantitative estimate of drug-likeness (QED) is 0.495. The first-order valence-electron chi connectivity index (χ1n) is 7.49. The minimum atomic E-state index is -0.931. The molecule has 0 saturated carbocycles. The molecule has 0 aliphatic carbocycles. The lowest BCUT2D eigenvalue weighted by Crippen LogP contribution is -2.45. The lowest BCUT2D eigenvalue weighted by Gasteiger charge is -2.17. The molecule has 0 saturated heterocycles. The molecule has 1 amide bonds. The van der Waals surface area contributed by atoms with Crippen LogP contribution < -0.4 is 5.32 Å². The van der Waals surface area contributed by atoms with Gasteiger partial charge in [0.25, 0.3) is 0 Å². The predicted octanol–water partition coefficient (Wildman–Crippen LogP) is 1.29. The van der Waals surface area contributed by atoms with E-state index in [1.165, 1.54) is 0 Å². The van der Waals surface area contributed by atoms with Gasteiger partial charge in [-0.25, -0.2) is 4.79 Å². The summed E-state index contributed by atoms with van der Waals surface area (Å²) in [6, 6.07) is -0.931. The predicted molar refractivity (Wildman–Crippen MR) is 86.7 cm³/mol. The van der Waals surface area contributed by atoms with Gasteiger partial charge in [0, 0.05) is 11.7 Å². The molecule has 1 N–H and O–H groups in total.